The summed E-state index contributed by atoms with van der Waals surface area (Å²) in [5, 5.41) is 11.3. The van der Waals surface area contributed by atoms with Gasteiger partial charge in [-0.05, 0) is 60.4 Å². The summed E-state index contributed by atoms with van der Waals surface area (Å²) in [6.07, 6.45) is 6.37. The Hall–Kier alpha value is -2.25. The van der Waals surface area contributed by atoms with Crippen molar-refractivity contribution in [1.29, 1.82) is 0 Å². The predicted molar refractivity (Wildman–Crippen MR) is 107 cm³/mol. The Balaban J connectivity index is 0.00000261. The minimum Gasteiger partial charge on any atom is -0.332 e. The zero-order valence-corrected chi connectivity index (χ0v) is 16.4. The number of amides is 1. The highest BCUT2D eigenvalue weighted by molar-refractivity contribution is 5.85. The highest BCUT2D eigenvalue weighted by Crippen LogP contribution is 2.34. The van der Waals surface area contributed by atoms with Crippen LogP contribution < -0.4 is 5.73 Å². The quantitative estimate of drug-likeness (QED) is 0.733. The van der Waals surface area contributed by atoms with Gasteiger partial charge in [0, 0.05) is 12.5 Å². The molecule has 7 nitrogen and oxygen atoms in total. The Labute approximate surface area is 166 Å². The van der Waals surface area contributed by atoms with Gasteiger partial charge in [0.25, 0.3) is 0 Å². The summed E-state index contributed by atoms with van der Waals surface area (Å²) in [6, 6.07) is 7.86. The molecule has 0 saturated heterocycles. The Kier molecular flexibility index (Phi) is 7.50. The molecule has 1 fully saturated rings. The Morgan fingerprint density at radius 3 is 2.96 bits per heavy atom. The molecule has 1 heterocycles. The number of nitrogens with zero attached hydrogens (tertiary/aromatic N) is 5. The lowest BCUT2D eigenvalue weighted by molar-refractivity contribution is -0.138. The summed E-state index contributed by atoms with van der Waals surface area (Å²) < 4.78 is 1.61. The average molecular weight is 391 g/mol. The van der Waals surface area contributed by atoms with Crippen LogP contribution in [-0.2, 0) is 4.79 Å². The van der Waals surface area contributed by atoms with Crippen LogP contribution >= 0.6 is 12.4 Å². The molecule has 0 aliphatic heterocycles. The van der Waals surface area contributed by atoms with Crippen molar-refractivity contribution in [2.45, 2.75) is 32.2 Å². The van der Waals surface area contributed by atoms with Gasteiger partial charge in [-0.25, -0.2) is 4.68 Å². The summed E-state index contributed by atoms with van der Waals surface area (Å²) in [5.41, 5.74) is 7.79. The molecule has 2 aromatic rings. The van der Waals surface area contributed by atoms with Gasteiger partial charge in [-0.2, -0.15) is 0 Å². The zero-order chi connectivity index (χ0) is 18.5. The SMILES string of the molecule is C=CCN(C(=O)[C@@H]1CCC[C@@H]1CN)C(C)c1cccc(-n2cnnn2)c1.Cl. The van der Waals surface area contributed by atoms with E-state index >= 15 is 0 Å². The van der Waals surface area contributed by atoms with Crippen LogP contribution in [0.3, 0.4) is 0 Å². The first-order valence-corrected chi connectivity index (χ1v) is 9.10. The van der Waals surface area contributed by atoms with Crippen LogP contribution in [0.2, 0.25) is 0 Å². The fraction of sp³-hybridized carbons (Fsp3) is 0.474. The molecule has 1 aliphatic rings. The van der Waals surface area contributed by atoms with E-state index in [0.29, 0.717) is 13.1 Å². The lowest BCUT2D eigenvalue weighted by atomic mass is 9.93. The standard InChI is InChI=1S/C19H26N6O.ClH/c1-3-10-24(19(26)18-9-5-7-16(18)12-20)14(2)15-6-4-8-17(11-15)25-13-21-22-23-25;/h3-4,6,8,11,13-14,16,18H,1,5,7,9-10,12,20H2,2H3;1H/t14?,16-,18-;/m1./s1. The number of nitrogens with two attached hydrogens (primary N) is 1. The van der Waals surface area contributed by atoms with Gasteiger partial charge in [0.2, 0.25) is 5.91 Å². The smallest absolute Gasteiger partial charge is 0.226 e. The van der Waals surface area contributed by atoms with E-state index in [9.17, 15) is 4.79 Å². The number of rotatable bonds is 7. The second-order valence-corrected chi connectivity index (χ2v) is 6.84. The van der Waals surface area contributed by atoms with Crippen molar-refractivity contribution in [1.82, 2.24) is 25.1 Å². The number of aromatic nitrogens is 4. The van der Waals surface area contributed by atoms with Crippen molar-refractivity contribution < 1.29 is 4.79 Å². The van der Waals surface area contributed by atoms with E-state index in [1.54, 1.807) is 17.1 Å². The van der Waals surface area contributed by atoms with Crippen LogP contribution in [0.15, 0.2) is 43.2 Å². The second-order valence-electron chi connectivity index (χ2n) is 6.84. The highest BCUT2D eigenvalue weighted by Gasteiger charge is 2.36. The molecule has 8 heteroatoms. The fourth-order valence-corrected chi connectivity index (χ4v) is 3.82. The monoisotopic (exact) mass is 390 g/mol. The van der Waals surface area contributed by atoms with Crippen molar-refractivity contribution >= 4 is 18.3 Å². The first kappa shape index (κ1) is 21.1. The molecule has 0 bridgehead atoms. The van der Waals surface area contributed by atoms with Gasteiger partial charge in [0.05, 0.1) is 11.7 Å². The summed E-state index contributed by atoms with van der Waals surface area (Å²) in [5.74, 6) is 0.484. The van der Waals surface area contributed by atoms with E-state index in [-0.39, 0.29) is 36.2 Å². The number of hydrogen-bond donors (Lipinski definition) is 1. The van der Waals surface area contributed by atoms with Crippen molar-refractivity contribution in [3.63, 3.8) is 0 Å². The molecular weight excluding hydrogens is 364 g/mol. The molecule has 1 aliphatic carbocycles. The zero-order valence-electron chi connectivity index (χ0n) is 15.6. The normalized spacial score (nSPS) is 19.9. The molecule has 146 valence electrons. The van der Waals surface area contributed by atoms with Crippen LogP contribution in [0.1, 0.15) is 37.8 Å². The van der Waals surface area contributed by atoms with E-state index in [2.05, 4.69) is 22.1 Å². The number of benzene rings is 1. The highest BCUT2D eigenvalue weighted by atomic mass is 35.5. The molecule has 1 saturated carbocycles. The largest absolute Gasteiger partial charge is 0.332 e. The van der Waals surface area contributed by atoms with Crippen molar-refractivity contribution in [3.8, 4) is 5.69 Å². The topological polar surface area (TPSA) is 89.9 Å². The third-order valence-electron chi connectivity index (χ3n) is 5.32. The van der Waals surface area contributed by atoms with Crippen molar-refractivity contribution in [3.05, 3.63) is 48.8 Å². The lowest BCUT2D eigenvalue weighted by Gasteiger charge is -2.32. The van der Waals surface area contributed by atoms with Crippen molar-refractivity contribution in [2.75, 3.05) is 13.1 Å². The molecule has 0 radical (unpaired) electrons. The second kappa shape index (κ2) is 9.62. The van der Waals surface area contributed by atoms with Crippen LogP contribution in [0.5, 0.6) is 0 Å². The van der Waals surface area contributed by atoms with Gasteiger partial charge < -0.3 is 10.6 Å². The predicted octanol–water partition coefficient (Wildman–Crippen LogP) is 2.53. The summed E-state index contributed by atoms with van der Waals surface area (Å²) in [6.45, 7) is 6.97. The first-order valence-electron chi connectivity index (χ1n) is 9.10. The van der Waals surface area contributed by atoms with Crippen molar-refractivity contribution in [2.24, 2.45) is 17.6 Å². The van der Waals surface area contributed by atoms with E-state index in [1.807, 2.05) is 36.1 Å². The molecule has 3 atom stereocenters. The van der Waals surface area contributed by atoms with Gasteiger partial charge in [0.1, 0.15) is 6.33 Å². The third kappa shape index (κ3) is 4.54. The molecule has 0 spiro atoms. The number of carbonyl (C=O) groups excluding carboxylic acids is 1. The summed E-state index contributed by atoms with van der Waals surface area (Å²) in [4.78, 5) is 15.1. The Morgan fingerprint density at radius 2 is 2.30 bits per heavy atom. The van der Waals surface area contributed by atoms with Crippen LogP contribution in [0, 0.1) is 11.8 Å². The van der Waals surface area contributed by atoms with E-state index in [1.165, 1.54) is 0 Å². The lowest BCUT2D eigenvalue weighted by Crippen LogP contribution is -2.40. The van der Waals surface area contributed by atoms with E-state index in [0.717, 1.165) is 30.5 Å². The summed E-state index contributed by atoms with van der Waals surface area (Å²) in [7, 11) is 0. The van der Waals surface area contributed by atoms with Gasteiger partial charge >= 0.3 is 0 Å². The molecular formula is C19H27ClN6O. The maximum atomic E-state index is 13.2. The minimum absolute atomic E-state index is 0. The third-order valence-corrected chi connectivity index (χ3v) is 5.32. The molecule has 1 unspecified atom stereocenters. The molecule has 3 rings (SSSR count). The van der Waals surface area contributed by atoms with Gasteiger partial charge in [-0.1, -0.05) is 24.6 Å². The van der Waals surface area contributed by atoms with Crippen LogP contribution in [0.25, 0.3) is 5.69 Å². The maximum Gasteiger partial charge on any atom is 0.226 e. The number of carbonyl (C=O) groups is 1. The van der Waals surface area contributed by atoms with E-state index in [4.69, 9.17) is 5.73 Å². The first-order chi connectivity index (χ1) is 12.7. The average Bonchev–Trinajstić information content (AvgIpc) is 3.36. The molecule has 1 amide bonds. The number of halogens is 1. The molecule has 27 heavy (non-hydrogen) atoms. The molecule has 2 N–H and O–H groups in total. The Morgan fingerprint density at radius 1 is 1.48 bits per heavy atom. The van der Waals surface area contributed by atoms with Gasteiger partial charge in [-0.15, -0.1) is 24.1 Å². The number of tetrazole rings is 1. The van der Waals surface area contributed by atoms with E-state index < -0.39 is 0 Å². The van der Waals surface area contributed by atoms with Crippen LogP contribution in [-0.4, -0.2) is 44.1 Å². The Bertz CT molecular complexity index is 750. The minimum atomic E-state index is -0.0732. The summed E-state index contributed by atoms with van der Waals surface area (Å²) >= 11 is 0. The molecule has 1 aromatic heterocycles. The van der Waals surface area contributed by atoms with Gasteiger partial charge in [0.15, 0.2) is 0 Å². The maximum absolute atomic E-state index is 13.2. The fourth-order valence-electron chi connectivity index (χ4n) is 3.82. The number of hydrogen-bond acceptors (Lipinski definition) is 5. The van der Waals surface area contributed by atoms with Crippen LogP contribution in [0.4, 0.5) is 0 Å². The molecule has 1 aromatic carbocycles. The van der Waals surface area contributed by atoms with Gasteiger partial charge in [-0.3, -0.25) is 4.79 Å².